The lowest BCUT2D eigenvalue weighted by atomic mass is 9.77. The van der Waals surface area contributed by atoms with Crippen molar-refractivity contribution in [2.75, 3.05) is 39.9 Å². The molecule has 0 aromatic heterocycles. The van der Waals surface area contributed by atoms with Crippen molar-refractivity contribution in [2.24, 2.45) is 17.1 Å². The number of nitrogens with two attached hydrogens (primary N) is 1. The predicted octanol–water partition coefficient (Wildman–Crippen LogP) is 5.25. The summed E-state index contributed by atoms with van der Waals surface area (Å²) in [5, 5.41) is 6.70. The largest absolute Gasteiger partial charge is 0.483 e. The Labute approximate surface area is 220 Å². The molecule has 1 aliphatic heterocycles. The number of methoxy groups -OCH3 is 1. The van der Waals surface area contributed by atoms with Gasteiger partial charge in [0.2, 0.25) is 0 Å². The second-order valence-corrected chi connectivity index (χ2v) is 11.4. The Balaban J connectivity index is 2.05. The average Bonchev–Trinajstić information content (AvgIpc) is 2.84. The van der Waals surface area contributed by atoms with Crippen LogP contribution in [0.1, 0.15) is 70.9 Å². The molecule has 36 heavy (non-hydrogen) atoms. The van der Waals surface area contributed by atoms with E-state index >= 15 is 0 Å². The van der Waals surface area contributed by atoms with Gasteiger partial charge in [0.25, 0.3) is 0 Å². The Kier molecular flexibility index (Phi) is 11.6. The monoisotopic (exact) mass is 500 g/mol. The summed E-state index contributed by atoms with van der Waals surface area (Å²) < 4.78 is 11.8. The normalized spacial score (nSPS) is 18.8. The van der Waals surface area contributed by atoms with Crippen molar-refractivity contribution in [1.82, 2.24) is 15.5 Å². The zero-order valence-electron chi connectivity index (χ0n) is 23.8. The van der Waals surface area contributed by atoms with Crippen LogP contribution in [0.4, 0.5) is 0 Å². The van der Waals surface area contributed by atoms with Crippen molar-refractivity contribution in [1.29, 1.82) is 0 Å². The van der Waals surface area contributed by atoms with Crippen molar-refractivity contribution in [2.45, 2.75) is 78.4 Å². The Hall–Kier alpha value is -2.18. The maximum Gasteiger partial charge on any atom is 0.178 e. The van der Waals surface area contributed by atoms with Crippen molar-refractivity contribution in [3.63, 3.8) is 0 Å². The first kappa shape index (κ1) is 30.0. The maximum atomic E-state index is 6.65. The molecule has 204 valence electrons. The van der Waals surface area contributed by atoms with Gasteiger partial charge in [0, 0.05) is 38.1 Å². The van der Waals surface area contributed by atoms with Gasteiger partial charge in [-0.3, -0.25) is 0 Å². The minimum Gasteiger partial charge on any atom is -0.483 e. The standard InChI is InChI=1S/C30H52N4O2/c1-9-15-29(5,6)20-28(31)21-33-24(3)34-17-11-14-27(22-34)30(7,26-13-10-12-23(2)19-26)36-18-16-32-25(4)35-8/h10,12-13,19,27-28,32-33H,3-4,9,11,14-18,20-22,31H2,1-2,5-8H3. The maximum absolute atomic E-state index is 6.65. The van der Waals surface area contributed by atoms with Crippen LogP contribution in [0, 0.1) is 18.3 Å². The lowest BCUT2D eigenvalue weighted by molar-refractivity contribution is -0.0944. The number of hydrogen-bond donors (Lipinski definition) is 3. The van der Waals surface area contributed by atoms with Crippen LogP contribution in [0.25, 0.3) is 0 Å². The van der Waals surface area contributed by atoms with Gasteiger partial charge in [-0.1, -0.05) is 63.6 Å². The Morgan fingerprint density at radius 1 is 1.25 bits per heavy atom. The Morgan fingerprint density at radius 3 is 2.67 bits per heavy atom. The molecule has 0 aliphatic carbocycles. The zero-order valence-corrected chi connectivity index (χ0v) is 23.8. The molecule has 1 fully saturated rings. The van der Waals surface area contributed by atoms with E-state index in [4.69, 9.17) is 15.2 Å². The zero-order chi connectivity index (χ0) is 26.8. The van der Waals surface area contributed by atoms with Crippen molar-refractivity contribution in [3.05, 3.63) is 60.3 Å². The second-order valence-electron chi connectivity index (χ2n) is 11.4. The SMILES string of the molecule is C=C(NCCOC(C)(c1cccc(C)c1)C1CCCN(C(=C)NCC(N)CC(C)(C)CCC)C1)OC. The molecule has 1 aromatic carbocycles. The number of aryl methyl sites for hydroxylation is 1. The van der Waals surface area contributed by atoms with Gasteiger partial charge in [0.15, 0.2) is 5.88 Å². The molecular formula is C30H52N4O2. The summed E-state index contributed by atoms with van der Waals surface area (Å²) in [6, 6.07) is 8.82. The van der Waals surface area contributed by atoms with Crippen molar-refractivity contribution >= 4 is 0 Å². The van der Waals surface area contributed by atoms with Crippen LogP contribution in [-0.4, -0.2) is 50.8 Å². The molecule has 1 aromatic rings. The van der Waals surface area contributed by atoms with Crippen LogP contribution in [0.5, 0.6) is 0 Å². The summed E-state index contributed by atoms with van der Waals surface area (Å²) in [6.45, 7) is 23.3. The summed E-state index contributed by atoms with van der Waals surface area (Å²) in [5.74, 6) is 1.85. The van der Waals surface area contributed by atoms with Crippen molar-refractivity contribution < 1.29 is 9.47 Å². The smallest absolute Gasteiger partial charge is 0.178 e. The fraction of sp³-hybridized carbons (Fsp3) is 0.667. The van der Waals surface area contributed by atoms with E-state index in [9.17, 15) is 0 Å². The number of likely N-dealkylation sites (tertiary alicyclic amines) is 1. The second kappa shape index (κ2) is 13.9. The highest BCUT2D eigenvalue weighted by Gasteiger charge is 2.40. The minimum atomic E-state index is -0.415. The summed E-state index contributed by atoms with van der Waals surface area (Å²) >= 11 is 0. The van der Waals surface area contributed by atoms with Crippen molar-refractivity contribution in [3.8, 4) is 0 Å². The van der Waals surface area contributed by atoms with Gasteiger partial charge in [0.1, 0.15) is 0 Å². The number of ether oxygens (including phenoxy) is 2. The first-order valence-electron chi connectivity index (χ1n) is 13.6. The first-order chi connectivity index (χ1) is 17.0. The molecule has 2 rings (SSSR count). The fourth-order valence-electron chi connectivity index (χ4n) is 5.51. The van der Waals surface area contributed by atoms with Gasteiger partial charge in [-0.15, -0.1) is 0 Å². The molecule has 6 nitrogen and oxygen atoms in total. The highest BCUT2D eigenvalue weighted by Crippen LogP contribution is 2.39. The number of nitrogens with one attached hydrogen (secondary N) is 2. The van der Waals surface area contributed by atoms with Crippen LogP contribution in [0.3, 0.4) is 0 Å². The van der Waals surface area contributed by atoms with E-state index in [0.29, 0.717) is 25.0 Å². The first-order valence-corrected chi connectivity index (χ1v) is 13.6. The van der Waals surface area contributed by atoms with Crippen LogP contribution >= 0.6 is 0 Å². The van der Waals surface area contributed by atoms with E-state index in [-0.39, 0.29) is 11.5 Å². The van der Waals surface area contributed by atoms with E-state index in [1.807, 2.05) is 0 Å². The van der Waals surface area contributed by atoms with Crippen LogP contribution in [0.15, 0.2) is 49.1 Å². The molecule has 0 spiro atoms. The summed E-state index contributed by atoms with van der Waals surface area (Å²) in [7, 11) is 1.61. The molecule has 3 atom stereocenters. The highest BCUT2D eigenvalue weighted by atomic mass is 16.5. The van der Waals surface area contributed by atoms with Gasteiger partial charge < -0.3 is 30.7 Å². The Bertz CT molecular complexity index is 840. The molecule has 3 unspecified atom stereocenters. The summed E-state index contributed by atoms with van der Waals surface area (Å²) in [4.78, 5) is 2.38. The fourth-order valence-corrected chi connectivity index (χ4v) is 5.51. The topological polar surface area (TPSA) is 71.8 Å². The lowest BCUT2D eigenvalue weighted by Crippen LogP contribution is -2.49. The van der Waals surface area contributed by atoms with Gasteiger partial charge >= 0.3 is 0 Å². The molecule has 0 bridgehead atoms. The Morgan fingerprint density at radius 2 is 2.00 bits per heavy atom. The summed E-state index contributed by atoms with van der Waals surface area (Å²) in [6.07, 6.45) is 5.60. The quantitative estimate of drug-likeness (QED) is 0.213. The minimum absolute atomic E-state index is 0.110. The molecule has 0 radical (unpaired) electrons. The molecule has 1 heterocycles. The molecule has 1 aliphatic rings. The van der Waals surface area contributed by atoms with E-state index < -0.39 is 5.60 Å². The number of piperidine rings is 1. The predicted molar refractivity (Wildman–Crippen MR) is 151 cm³/mol. The number of benzene rings is 1. The molecule has 0 amide bonds. The molecular weight excluding hydrogens is 448 g/mol. The number of nitrogens with zero attached hydrogens (tertiary/aromatic N) is 1. The third-order valence-corrected chi connectivity index (χ3v) is 7.56. The molecule has 1 saturated heterocycles. The average molecular weight is 501 g/mol. The number of rotatable bonds is 16. The lowest BCUT2D eigenvalue weighted by Gasteiger charge is -2.45. The van der Waals surface area contributed by atoms with Crippen LogP contribution < -0.4 is 16.4 Å². The van der Waals surface area contributed by atoms with Gasteiger partial charge in [-0.05, 0) is 57.1 Å². The van der Waals surface area contributed by atoms with Gasteiger partial charge in [-0.2, -0.15) is 0 Å². The molecule has 4 N–H and O–H groups in total. The van der Waals surface area contributed by atoms with Gasteiger partial charge in [-0.25, -0.2) is 0 Å². The third kappa shape index (κ3) is 9.04. The van der Waals surface area contributed by atoms with Gasteiger partial charge in [0.05, 0.1) is 25.1 Å². The van der Waals surface area contributed by atoms with E-state index in [2.05, 4.69) is 87.6 Å². The highest BCUT2D eigenvalue weighted by molar-refractivity contribution is 5.28. The molecule has 6 heteroatoms. The van der Waals surface area contributed by atoms with E-state index in [0.717, 1.165) is 44.7 Å². The van der Waals surface area contributed by atoms with Crippen LogP contribution in [-0.2, 0) is 15.1 Å². The third-order valence-electron chi connectivity index (χ3n) is 7.56. The number of hydrogen-bond acceptors (Lipinski definition) is 6. The van der Waals surface area contributed by atoms with E-state index in [1.54, 1.807) is 7.11 Å². The van der Waals surface area contributed by atoms with E-state index in [1.165, 1.54) is 24.0 Å². The molecule has 0 saturated carbocycles. The summed E-state index contributed by atoms with van der Waals surface area (Å²) in [5.41, 5.74) is 8.81. The van der Waals surface area contributed by atoms with Crippen LogP contribution in [0.2, 0.25) is 0 Å².